The van der Waals surface area contributed by atoms with E-state index in [1.807, 2.05) is 0 Å². The molecule has 1 aliphatic carbocycles. The Morgan fingerprint density at radius 3 is 2.19 bits per heavy atom. The minimum Gasteiger partial charge on any atom is -0.455 e. The third kappa shape index (κ3) is 5.38. The number of esters is 3. The van der Waals surface area contributed by atoms with Gasteiger partial charge in [-0.3, -0.25) is 14.4 Å². The van der Waals surface area contributed by atoms with Gasteiger partial charge in [-0.05, 0) is 13.3 Å². The zero-order valence-electron chi connectivity index (χ0n) is 19.5. The Morgan fingerprint density at radius 1 is 1.12 bits per heavy atom. The van der Waals surface area contributed by atoms with E-state index >= 15 is 0 Å². The van der Waals surface area contributed by atoms with Crippen molar-refractivity contribution in [1.82, 2.24) is 0 Å². The van der Waals surface area contributed by atoms with E-state index in [2.05, 4.69) is 6.58 Å². The lowest BCUT2D eigenvalue weighted by Gasteiger charge is -2.41. The maximum Gasteiger partial charge on any atom is 0.334 e. The number of rotatable bonds is 4. The fraction of sp³-hybridized carbons (Fsp3) is 0.739. The summed E-state index contributed by atoms with van der Waals surface area (Å²) in [5, 5.41) is 21.8. The molecule has 9 nitrogen and oxygen atoms in total. The molecule has 4 unspecified atom stereocenters. The molecule has 0 aromatic carbocycles. The van der Waals surface area contributed by atoms with Crippen LogP contribution in [0.3, 0.4) is 0 Å². The number of ketones is 1. The molecule has 0 spiro atoms. The molecule has 2 fully saturated rings. The maximum atomic E-state index is 13.3. The van der Waals surface area contributed by atoms with Crippen molar-refractivity contribution < 1.29 is 43.6 Å². The number of carbonyl (C=O) groups excluding carboxylic acids is 4. The monoisotopic (exact) mass is 454 g/mol. The van der Waals surface area contributed by atoms with Gasteiger partial charge in [0.2, 0.25) is 0 Å². The van der Waals surface area contributed by atoms with Crippen LogP contribution in [-0.2, 0) is 33.4 Å². The molecule has 9 heteroatoms. The average molecular weight is 455 g/mol. The number of carbonyl (C=O) groups is 4. The fourth-order valence-corrected chi connectivity index (χ4v) is 4.07. The van der Waals surface area contributed by atoms with Gasteiger partial charge in [-0.25, -0.2) is 4.79 Å². The lowest BCUT2D eigenvalue weighted by atomic mass is 9.75. The Balaban J connectivity index is 2.63. The molecule has 1 saturated heterocycles. The number of hydrogen-bond donors (Lipinski definition) is 2. The predicted octanol–water partition coefficient (Wildman–Crippen LogP) is 1.33. The first-order chi connectivity index (χ1) is 14.7. The first-order valence-electron chi connectivity index (χ1n) is 10.9. The van der Waals surface area contributed by atoms with Crippen LogP contribution in [0.15, 0.2) is 12.2 Å². The summed E-state index contributed by atoms with van der Waals surface area (Å²) in [5.74, 6) is -5.69. The summed E-state index contributed by atoms with van der Waals surface area (Å²) in [6, 6.07) is 0. The minimum absolute atomic E-state index is 0.0196. The van der Waals surface area contributed by atoms with Gasteiger partial charge in [-0.15, -0.1) is 0 Å². The molecular formula is C23H34O9. The second kappa shape index (κ2) is 9.70. The van der Waals surface area contributed by atoms with Crippen molar-refractivity contribution in [2.75, 3.05) is 0 Å². The number of ether oxygens (including phenoxy) is 3. The third-order valence-electron chi connectivity index (χ3n) is 5.97. The lowest BCUT2D eigenvalue weighted by Crippen LogP contribution is -2.57. The zero-order chi connectivity index (χ0) is 24.5. The summed E-state index contributed by atoms with van der Waals surface area (Å²) in [4.78, 5) is 50.6. The summed E-state index contributed by atoms with van der Waals surface area (Å²) in [6.45, 7) is 13.1. The quantitative estimate of drug-likeness (QED) is 0.366. The molecule has 0 amide bonds. The van der Waals surface area contributed by atoms with Crippen LogP contribution in [-0.4, -0.2) is 63.9 Å². The van der Waals surface area contributed by atoms with Crippen molar-refractivity contribution in [3.63, 3.8) is 0 Å². The molecule has 1 heterocycles. The Bertz CT molecular complexity index is 782. The van der Waals surface area contributed by atoms with Gasteiger partial charge in [-0.2, -0.15) is 0 Å². The lowest BCUT2D eigenvalue weighted by molar-refractivity contribution is -0.199. The van der Waals surface area contributed by atoms with E-state index < -0.39 is 77.4 Å². The SMILES string of the molecule is C=C1C(=O)OC2C1[C@H](OC(=O)C(C)C)C(=O)C(C)C[C@H](O)C[C@](C)(O)C2OC(=O)C(C)C. The molecule has 0 aromatic heterocycles. The molecule has 1 aliphatic heterocycles. The van der Waals surface area contributed by atoms with E-state index in [0.29, 0.717) is 0 Å². The number of aliphatic hydroxyl groups is 2. The van der Waals surface area contributed by atoms with Crippen LogP contribution >= 0.6 is 0 Å². The average Bonchev–Trinajstić information content (AvgIpc) is 2.95. The van der Waals surface area contributed by atoms with Crippen molar-refractivity contribution in [1.29, 1.82) is 0 Å². The van der Waals surface area contributed by atoms with Gasteiger partial charge in [0.05, 0.1) is 23.9 Å². The second-order valence-corrected chi connectivity index (χ2v) is 9.70. The number of hydrogen-bond acceptors (Lipinski definition) is 9. The zero-order valence-corrected chi connectivity index (χ0v) is 19.5. The molecule has 180 valence electrons. The molecule has 0 aromatic rings. The number of Topliss-reactive ketones (excluding diaryl/α,β-unsaturated/α-hetero) is 1. The van der Waals surface area contributed by atoms with Crippen LogP contribution in [0.25, 0.3) is 0 Å². The molecule has 2 aliphatic rings. The Labute approximate surface area is 188 Å². The second-order valence-electron chi connectivity index (χ2n) is 9.70. The highest BCUT2D eigenvalue weighted by Crippen LogP contribution is 2.41. The Morgan fingerprint density at radius 2 is 1.66 bits per heavy atom. The van der Waals surface area contributed by atoms with Crippen LogP contribution in [0.2, 0.25) is 0 Å². The molecule has 32 heavy (non-hydrogen) atoms. The van der Waals surface area contributed by atoms with Crippen LogP contribution in [0.4, 0.5) is 0 Å². The molecule has 1 saturated carbocycles. The summed E-state index contributed by atoms with van der Waals surface area (Å²) < 4.78 is 16.5. The number of fused-ring (bicyclic) bond motifs is 1. The molecule has 2 rings (SSSR count). The van der Waals surface area contributed by atoms with Gasteiger partial charge in [0, 0.05) is 17.9 Å². The Kier molecular flexibility index (Phi) is 7.88. The fourth-order valence-electron chi connectivity index (χ4n) is 4.07. The van der Waals surface area contributed by atoms with Gasteiger partial charge in [-0.1, -0.05) is 41.2 Å². The van der Waals surface area contributed by atoms with Crippen molar-refractivity contribution in [3.8, 4) is 0 Å². The molecule has 0 radical (unpaired) electrons. The van der Waals surface area contributed by atoms with Crippen molar-refractivity contribution in [2.24, 2.45) is 23.7 Å². The normalized spacial score (nSPS) is 36.0. The van der Waals surface area contributed by atoms with Gasteiger partial charge in [0.1, 0.15) is 5.60 Å². The van der Waals surface area contributed by atoms with Gasteiger partial charge < -0.3 is 24.4 Å². The predicted molar refractivity (Wildman–Crippen MR) is 112 cm³/mol. The number of aliphatic hydroxyl groups excluding tert-OH is 1. The van der Waals surface area contributed by atoms with Crippen LogP contribution in [0.1, 0.15) is 54.4 Å². The third-order valence-corrected chi connectivity index (χ3v) is 5.97. The summed E-state index contributed by atoms with van der Waals surface area (Å²) in [6.07, 6.45) is -5.59. The molecule has 2 N–H and O–H groups in total. The highest BCUT2D eigenvalue weighted by molar-refractivity contribution is 5.95. The Hall–Kier alpha value is -2.26. The van der Waals surface area contributed by atoms with E-state index in [9.17, 15) is 29.4 Å². The summed E-state index contributed by atoms with van der Waals surface area (Å²) >= 11 is 0. The van der Waals surface area contributed by atoms with Crippen molar-refractivity contribution >= 4 is 23.7 Å². The van der Waals surface area contributed by atoms with E-state index in [1.54, 1.807) is 34.6 Å². The van der Waals surface area contributed by atoms with Crippen molar-refractivity contribution in [2.45, 2.75) is 84.4 Å². The van der Waals surface area contributed by atoms with E-state index in [1.165, 1.54) is 6.92 Å². The van der Waals surface area contributed by atoms with E-state index in [-0.39, 0.29) is 18.4 Å². The molecule has 0 bridgehead atoms. The van der Waals surface area contributed by atoms with Gasteiger partial charge in [0.25, 0.3) is 0 Å². The van der Waals surface area contributed by atoms with Crippen LogP contribution < -0.4 is 0 Å². The van der Waals surface area contributed by atoms with Gasteiger partial charge >= 0.3 is 17.9 Å². The van der Waals surface area contributed by atoms with E-state index in [0.717, 1.165) is 0 Å². The van der Waals surface area contributed by atoms with Crippen molar-refractivity contribution in [3.05, 3.63) is 12.2 Å². The summed E-state index contributed by atoms with van der Waals surface area (Å²) in [5.41, 5.74) is -1.93. The highest BCUT2D eigenvalue weighted by atomic mass is 16.6. The standard InChI is InChI=1S/C23H34O9/c1-10(2)20(26)30-17-15-13(6)22(28)31-18(15)19(32-21(27)11(3)4)23(7,29)9-14(24)8-12(5)16(17)25/h10-12,14-15,17-19,24,29H,6,8-9H2,1-5,7H3/t12?,14-,15?,17-,18?,19?,23-/m0/s1. The smallest absolute Gasteiger partial charge is 0.334 e. The van der Waals surface area contributed by atoms with Crippen LogP contribution in [0, 0.1) is 23.7 Å². The summed E-state index contributed by atoms with van der Waals surface area (Å²) in [7, 11) is 0. The topological polar surface area (TPSA) is 136 Å². The van der Waals surface area contributed by atoms with Crippen LogP contribution in [0.5, 0.6) is 0 Å². The molecular weight excluding hydrogens is 420 g/mol. The maximum absolute atomic E-state index is 13.3. The largest absolute Gasteiger partial charge is 0.455 e. The first kappa shape index (κ1) is 26.0. The minimum atomic E-state index is -1.81. The van der Waals surface area contributed by atoms with E-state index in [4.69, 9.17) is 14.2 Å². The first-order valence-corrected chi connectivity index (χ1v) is 10.9. The van der Waals surface area contributed by atoms with Gasteiger partial charge in [0.15, 0.2) is 24.1 Å². The molecule has 7 atom stereocenters. The highest BCUT2D eigenvalue weighted by Gasteiger charge is 2.57.